The van der Waals surface area contributed by atoms with Crippen LogP contribution in [0.25, 0.3) is 0 Å². The molecule has 0 saturated heterocycles. The Hall–Kier alpha value is -3.74. The minimum Gasteiger partial charge on any atom is -0.493 e. The summed E-state index contributed by atoms with van der Waals surface area (Å²) in [5.41, 5.74) is 1.61. The summed E-state index contributed by atoms with van der Waals surface area (Å²) in [6, 6.07) is 14.9. The van der Waals surface area contributed by atoms with E-state index in [1.165, 1.54) is 20.5 Å². The summed E-state index contributed by atoms with van der Waals surface area (Å²) in [5, 5.41) is 5.50. The highest BCUT2D eigenvalue weighted by Gasteiger charge is 2.12. The molecule has 2 amide bonds. The lowest BCUT2D eigenvalue weighted by Gasteiger charge is -2.10. The summed E-state index contributed by atoms with van der Waals surface area (Å²) in [5.74, 6) is 0.609. The Labute approximate surface area is 155 Å². The highest BCUT2D eigenvalue weighted by Crippen LogP contribution is 2.28. The van der Waals surface area contributed by atoms with Crippen LogP contribution in [0.15, 0.2) is 65.3 Å². The van der Waals surface area contributed by atoms with Gasteiger partial charge < -0.3 is 24.5 Å². The van der Waals surface area contributed by atoms with E-state index in [0.29, 0.717) is 28.4 Å². The first kappa shape index (κ1) is 18.1. The summed E-state index contributed by atoms with van der Waals surface area (Å²) in [6.45, 7) is 0. The lowest BCUT2D eigenvalue weighted by atomic mass is 10.1. The van der Waals surface area contributed by atoms with Gasteiger partial charge in [0.25, 0.3) is 11.8 Å². The molecule has 3 rings (SSSR count). The third-order valence-electron chi connectivity index (χ3n) is 3.79. The van der Waals surface area contributed by atoms with E-state index in [4.69, 9.17) is 13.9 Å². The van der Waals surface area contributed by atoms with Gasteiger partial charge in [-0.3, -0.25) is 9.59 Å². The van der Waals surface area contributed by atoms with Crippen molar-refractivity contribution < 1.29 is 23.5 Å². The summed E-state index contributed by atoms with van der Waals surface area (Å²) in [7, 11) is 3.04. The molecule has 0 aliphatic rings. The molecule has 7 heteroatoms. The number of furan rings is 1. The lowest BCUT2D eigenvalue weighted by molar-refractivity contribution is 0.0994. The normalized spacial score (nSPS) is 10.1. The molecule has 0 radical (unpaired) electrons. The second kappa shape index (κ2) is 8.09. The van der Waals surface area contributed by atoms with E-state index >= 15 is 0 Å². The molecule has 0 fully saturated rings. The van der Waals surface area contributed by atoms with Gasteiger partial charge in [0.1, 0.15) is 0 Å². The van der Waals surface area contributed by atoms with Gasteiger partial charge in [-0.05, 0) is 54.6 Å². The Bertz CT molecular complexity index is 934. The molecule has 7 nitrogen and oxygen atoms in total. The number of methoxy groups -OCH3 is 2. The fourth-order valence-corrected chi connectivity index (χ4v) is 2.42. The van der Waals surface area contributed by atoms with Crippen molar-refractivity contribution in [3.63, 3.8) is 0 Å². The van der Waals surface area contributed by atoms with Crippen LogP contribution in [0.4, 0.5) is 11.4 Å². The van der Waals surface area contributed by atoms with E-state index in [0.717, 1.165) is 0 Å². The average molecular weight is 366 g/mol. The number of hydrogen-bond donors (Lipinski definition) is 2. The number of ether oxygens (including phenoxy) is 2. The monoisotopic (exact) mass is 366 g/mol. The van der Waals surface area contributed by atoms with Gasteiger partial charge in [-0.25, -0.2) is 0 Å². The van der Waals surface area contributed by atoms with Crippen molar-refractivity contribution >= 4 is 23.2 Å². The van der Waals surface area contributed by atoms with Crippen molar-refractivity contribution in [1.29, 1.82) is 0 Å². The van der Waals surface area contributed by atoms with Crippen LogP contribution in [0.1, 0.15) is 20.9 Å². The maximum absolute atomic E-state index is 12.4. The van der Waals surface area contributed by atoms with E-state index in [1.807, 2.05) is 0 Å². The van der Waals surface area contributed by atoms with E-state index in [-0.39, 0.29) is 17.6 Å². The number of rotatable bonds is 6. The van der Waals surface area contributed by atoms with Gasteiger partial charge in [0.05, 0.1) is 20.5 Å². The minimum absolute atomic E-state index is 0.223. The lowest BCUT2D eigenvalue weighted by Crippen LogP contribution is -2.13. The Morgan fingerprint density at radius 1 is 0.815 bits per heavy atom. The number of carbonyl (C=O) groups excluding carboxylic acids is 2. The van der Waals surface area contributed by atoms with Crippen LogP contribution in [-0.4, -0.2) is 26.0 Å². The van der Waals surface area contributed by atoms with Gasteiger partial charge in [0, 0.05) is 16.9 Å². The van der Waals surface area contributed by atoms with Crippen molar-refractivity contribution in [1.82, 2.24) is 0 Å². The van der Waals surface area contributed by atoms with Crippen LogP contribution in [-0.2, 0) is 0 Å². The van der Waals surface area contributed by atoms with Crippen LogP contribution in [0.2, 0.25) is 0 Å². The third-order valence-corrected chi connectivity index (χ3v) is 3.79. The molecule has 1 aromatic heterocycles. The van der Waals surface area contributed by atoms with Crippen LogP contribution in [0.3, 0.4) is 0 Å². The zero-order chi connectivity index (χ0) is 19.2. The number of hydrogen-bond acceptors (Lipinski definition) is 5. The molecule has 0 aliphatic carbocycles. The highest BCUT2D eigenvalue weighted by molar-refractivity contribution is 6.05. The second-order valence-corrected chi connectivity index (χ2v) is 5.53. The predicted molar refractivity (Wildman–Crippen MR) is 101 cm³/mol. The molecule has 0 bridgehead atoms. The van der Waals surface area contributed by atoms with Gasteiger partial charge in [-0.1, -0.05) is 0 Å². The average Bonchev–Trinajstić information content (AvgIpc) is 3.24. The first-order valence-corrected chi connectivity index (χ1v) is 8.09. The third kappa shape index (κ3) is 4.27. The zero-order valence-electron chi connectivity index (χ0n) is 14.8. The SMILES string of the molecule is COc1ccc(C(=O)Nc2ccc(NC(=O)c3ccco3)cc2)cc1OC. The molecule has 0 atom stereocenters. The molecule has 0 unspecified atom stereocenters. The van der Waals surface area contributed by atoms with Crippen LogP contribution in [0, 0.1) is 0 Å². The number of carbonyl (C=O) groups is 2. The van der Waals surface area contributed by atoms with Crippen molar-refractivity contribution in [2.45, 2.75) is 0 Å². The molecule has 138 valence electrons. The fraction of sp³-hybridized carbons (Fsp3) is 0.100. The summed E-state index contributed by atoms with van der Waals surface area (Å²) in [6.07, 6.45) is 1.43. The summed E-state index contributed by atoms with van der Waals surface area (Å²) < 4.78 is 15.4. The standard InChI is InChI=1S/C20H18N2O5/c1-25-16-10-5-13(12-18(16)26-2)19(23)21-14-6-8-15(9-7-14)22-20(24)17-4-3-11-27-17/h3-12H,1-2H3,(H,21,23)(H,22,24). The number of nitrogens with one attached hydrogen (secondary N) is 2. The zero-order valence-corrected chi connectivity index (χ0v) is 14.8. The Kier molecular flexibility index (Phi) is 5.41. The quantitative estimate of drug-likeness (QED) is 0.692. The second-order valence-electron chi connectivity index (χ2n) is 5.53. The van der Waals surface area contributed by atoms with Crippen LogP contribution < -0.4 is 20.1 Å². The highest BCUT2D eigenvalue weighted by atomic mass is 16.5. The minimum atomic E-state index is -0.345. The van der Waals surface area contributed by atoms with Gasteiger partial charge in [0.2, 0.25) is 0 Å². The Balaban J connectivity index is 1.65. The van der Waals surface area contributed by atoms with E-state index < -0.39 is 0 Å². The molecule has 2 aromatic carbocycles. The van der Waals surface area contributed by atoms with Crippen molar-refractivity contribution in [3.05, 3.63) is 72.2 Å². The van der Waals surface area contributed by atoms with Gasteiger partial charge >= 0.3 is 0 Å². The number of anilines is 2. The maximum atomic E-state index is 12.4. The van der Waals surface area contributed by atoms with E-state index in [2.05, 4.69) is 10.6 Å². The molecular weight excluding hydrogens is 348 g/mol. The molecule has 0 saturated carbocycles. The number of amides is 2. The van der Waals surface area contributed by atoms with Crippen LogP contribution >= 0.6 is 0 Å². The first-order chi connectivity index (χ1) is 13.1. The molecule has 2 N–H and O–H groups in total. The molecule has 0 spiro atoms. The summed E-state index contributed by atoms with van der Waals surface area (Å²) >= 11 is 0. The Morgan fingerprint density at radius 2 is 1.44 bits per heavy atom. The van der Waals surface area contributed by atoms with Gasteiger partial charge in [-0.15, -0.1) is 0 Å². The molecule has 3 aromatic rings. The molecule has 27 heavy (non-hydrogen) atoms. The van der Waals surface area contributed by atoms with Crippen molar-refractivity contribution in [3.8, 4) is 11.5 Å². The number of benzene rings is 2. The predicted octanol–water partition coefficient (Wildman–Crippen LogP) is 3.80. The van der Waals surface area contributed by atoms with Crippen molar-refractivity contribution in [2.75, 3.05) is 24.9 Å². The van der Waals surface area contributed by atoms with E-state index in [9.17, 15) is 9.59 Å². The van der Waals surface area contributed by atoms with Crippen molar-refractivity contribution in [2.24, 2.45) is 0 Å². The molecule has 1 heterocycles. The summed E-state index contributed by atoms with van der Waals surface area (Å²) in [4.78, 5) is 24.3. The van der Waals surface area contributed by atoms with E-state index in [1.54, 1.807) is 54.6 Å². The molecular formula is C20H18N2O5. The molecule has 0 aliphatic heterocycles. The Morgan fingerprint density at radius 3 is 2.00 bits per heavy atom. The fourth-order valence-electron chi connectivity index (χ4n) is 2.42. The van der Waals surface area contributed by atoms with Crippen LogP contribution in [0.5, 0.6) is 11.5 Å². The topological polar surface area (TPSA) is 89.8 Å². The maximum Gasteiger partial charge on any atom is 0.291 e. The largest absolute Gasteiger partial charge is 0.493 e. The first-order valence-electron chi connectivity index (χ1n) is 8.09. The van der Waals surface area contributed by atoms with Gasteiger partial charge in [0.15, 0.2) is 17.3 Å². The smallest absolute Gasteiger partial charge is 0.291 e. The van der Waals surface area contributed by atoms with Gasteiger partial charge in [-0.2, -0.15) is 0 Å².